The standard InChI is InChI=1S/C7H12ClF2NO2S/c1-7(2)4(8)3-5(7)11-14(12,13)6(9)10/h4-6,11H,3H2,1-2H3. The van der Waals surface area contributed by atoms with Gasteiger partial charge in [-0.05, 0) is 11.8 Å². The maximum Gasteiger partial charge on any atom is 0.350 e. The van der Waals surface area contributed by atoms with Crippen LogP contribution in [0.4, 0.5) is 8.78 Å². The Bertz CT molecular complexity index is 318. The molecule has 3 nitrogen and oxygen atoms in total. The van der Waals surface area contributed by atoms with Crippen molar-refractivity contribution in [1.82, 2.24) is 4.72 Å². The van der Waals surface area contributed by atoms with Crippen molar-refractivity contribution in [2.24, 2.45) is 5.41 Å². The number of nitrogens with one attached hydrogen (secondary N) is 1. The Balaban J connectivity index is 2.65. The molecule has 84 valence electrons. The zero-order valence-electron chi connectivity index (χ0n) is 7.80. The number of halogens is 3. The summed E-state index contributed by atoms with van der Waals surface area (Å²) in [6.07, 6.45) is 0.389. The first-order valence-corrected chi connectivity index (χ1v) is 6.09. The highest BCUT2D eigenvalue weighted by atomic mass is 35.5. The third-order valence-electron chi connectivity index (χ3n) is 2.69. The topological polar surface area (TPSA) is 46.2 Å². The molecular formula is C7H12ClF2NO2S. The number of hydrogen-bond acceptors (Lipinski definition) is 2. The summed E-state index contributed by atoms with van der Waals surface area (Å²) in [5.41, 5.74) is -0.469. The molecule has 0 aromatic rings. The van der Waals surface area contributed by atoms with Gasteiger partial charge in [0.2, 0.25) is 0 Å². The van der Waals surface area contributed by atoms with Gasteiger partial charge < -0.3 is 0 Å². The van der Waals surface area contributed by atoms with Crippen molar-refractivity contribution in [3.05, 3.63) is 0 Å². The molecule has 0 heterocycles. The summed E-state index contributed by atoms with van der Waals surface area (Å²) < 4.78 is 47.6. The molecule has 1 saturated carbocycles. The fraction of sp³-hybridized carbons (Fsp3) is 1.00. The van der Waals surface area contributed by atoms with Crippen LogP contribution in [0.3, 0.4) is 0 Å². The van der Waals surface area contributed by atoms with Crippen LogP contribution in [-0.2, 0) is 10.0 Å². The van der Waals surface area contributed by atoms with Crippen LogP contribution < -0.4 is 4.72 Å². The van der Waals surface area contributed by atoms with E-state index in [1.165, 1.54) is 0 Å². The molecule has 2 atom stereocenters. The first-order valence-electron chi connectivity index (χ1n) is 4.11. The molecule has 0 bridgehead atoms. The van der Waals surface area contributed by atoms with E-state index in [0.717, 1.165) is 0 Å². The van der Waals surface area contributed by atoms with Crippen molar-refractivity contribution < 1.29 is 17.2 Å². The van der Waals surface area contributed by atoms with Gasteiger partial charge in [0.15, 0.2) is 0 Å². The van der Waals surface area contributed by atoms with E-state index in [1.54, 1.807) is 13.8 Å². The summed E-state index contributed by atoms with van der Waals surface area (Å²) in [4.78, 5) is 0. The number of alkyl halides is 3. The van der Waals surface area contributed by atoms with Gasteiger partial charge in [0.25, 0.3) is 10.0 Å². The first kappa shape index (κ1) is 12.1. The maximum absolute atomic E-state index is 12.0. The molecule has 1 aliphatic rings. The predicted molar refractivity (Wildman–Crippen MR) is 49.9 cm³/mol. The molecule has 0 saturated heterocycles. The lowest BCUT2D eigenvalue weighted by molar-refractivity contribution is 0.133. The average molecular weight is 248 g/mol. The Kier molecular flexibility index (Phi) is 3.10. The van der Waals surface area contributed by atoms with Crippen LogP contribution in [0.25, 0.3) is 0 Å². The van der Waals surface area contributed by atoms with Gasteiger partial charge in [-0.3, -0.25) is 0 Å². The Morgan fingerprint density at radius 1 is 1.50 bits per heavy atom. The maximum atomic E-state index is 12.0. The van der Waals surface area contributed by atoms with Crippen molar-refractivity contribution in [1.29, 1.82) is 0 Å². The van der Waals surface area contributed by atoms with Crippen LogP contribution in [0.15, 0.2) is 0 Å². The van der Waals surface area contributed by atoms with Crippen molar-refractivity contribution in [2.45, 2.75) is 37.4 Å². The van der Waals surface area contributed by atoms with Crippen LogP contribution in [0.1, 0.15) is 20.3 Å². The molecule has 0 aromatic carbocycles. The van der Waals surface area contributed by atoms with E-state index in [-0.39, 0.29) is 5.38 Å². The molecule has 1 aliphatic carbocycles. The monoisotopic (exact) mass is 247 g/mol. The average Bonchev–Trinajstić information content (AvgIpc) is 2.03. The van der Waals surface area contributed by atoms with Gasteiger partial charge in [0.1, 0.15) is 0 Å². The molecule has 7 heteroatoms. The van der Waals surface area contributed by atoms with E-state index in [0.29, 0.717) is 6.42 Å². The summed E-state index contributed by atoms with van der Waals surface area (Å²) in [6, 6.07) is -0.496. The highest BCUT2D eigenvalue weighted by Crippen LogP contribution is 2.44. The van der Waals surface area contributed by atoms with Crippen LogP contribution in [-0.4, -0.2) is 25.6 Å². The van der Waals surface area contributed by atoms with Crippen LogP contribution in [0.5, 0.6) is 0 Å². The lowest BCUT2D eigenvalue weighted by atomic mass is 9.67. The molecular weight excluding hydrogens is 236 g/mol. The normalized spacial score (nSPS) is 31.6. The molecule has 1 rings (SSSR count). The highest BCUT2D eigenvalue weighted by molar-refractivity contribution is 7.89. The highest BCUT2D eigenvalue weighted by Gasteiger charge is 2.49. The predicted octanol–water partition coefficient (Wildman–Crippen LogP) is 1.53. The van der Waals surface area contributed by atoms with Crippen molar-refractivity contribution in [3.63, 3.8) is 0 Å². The van der Waals surface area contributed by atoms with E-state index >= 15 is 0 Å². The quantitative estimate of drug-likeness (QED) is 0.769. The van der Waals surface area contributed by atoms with Gasteiger partial charge in [-0.1, -0.05) is 13.8 Å². The molecule has 14 heavy (non-hydrogen) atoms. The van der Waals surface area contributed by atoms with Gasteiger partial charge in [0.05, 0.1) is 0 Å². The van der Waals surface area contributed by atoms with E-state index in [2.05, 4.69) is 0 Å². The van der Waals surface area contributed by atoms with Crippen LogP contribution in [0, 0.1) is 5.41 Å². The fourth-order valence-corrected chi connectivity index (χ4v) is 2.55. The molecule has 0 aromatic heterocycles. The second-order valence-corrected chi connectivity index (χ2v) is 6.21. The Labute approximate surface area is 86.9 Å². The van der Waals surface area contributed by atoms with E-state index in [9.17, 15) is 17.2 Å². The summed E-state index contributed by atoms with van der Waals surface area (Å²) in [6.45, 7) is 3.49. The summed E-state index contributed by atoms with van der Waals surface area (Å²) in [5.74, 6) is -3.38. The first-order chi connectivity index (χ1) is 6.18. The van der Waals surface area contributed by atoms with Gasteiger partial charge in [-0.15, -0.1) is 11.6 Å². The molecule has 0 radical (unpaired) electrons. The minimum absolute atomic E-state index is 0.173. The van der Waals surface area contributed by atoms with Crippen molar-refractivity contribution in [3.8, 4) is 0 Å². The molecule has 0 spiro atoms. The lowest BCUT2D eigenvalue weighted by Gasteiger charge is -2.48. The van der Waals surface area contributed by atoms with E-state index in [1.807, 2.05) is 4.72 Å². The Hall–Kier alpha value is 0.0600. The number of sulfonamides is 1. The zero-order valence-corrected chi connectivity index (χ0v) is 9.37. The van der Waals surface area contributed by atoms with Gasteiger partial charge in [0, 0.05) is 11.4 Å². The van der Waals surface area contributed by atoms with Gasteiger partial charge >= 0.3 is 5.76 Å². The second-order valence-electron chi connectivity index (χ2n) is 4.00. The lowest BCUT2D eigenvalue weighted by Crippen LogP contribution is -2.59. The molecule has 0 aliphatic heterocycles. The third-order valence-corrected chi connectivity index (χ3v) is 4.51. The number of rotatable bonds is 3. The Morgan fingerprint density at radius 2 is 2.00 bits per heavy atom. The van der Waals surface area contributed by atoms with Crippen LogP contribution in [0.2, 0.25) is 0 Å². The zero-order chi connectivity index (χ0) is 11.1. The van der Waals surface area contributed by atoms with Crippen molar-refractivity contribution in [2.75, 3.05) is 0 Å². The molecule has 0 amide bonds. The minimum Gasteiger partial charge on any atom is -0.207 e. The van der Waals surface area contributed by atoms with Crippen molar-refractivity contribution >= 4 is 21.6 Å². The van der Waals surface area contributed by atoms with Gasteiger partial charge in [-0.25, -0.2) is 13.1 Å². The minimum atomic E-state index is -4.49. The fourth-order valence-electron chi connectivity index (χ4n) is 1.32. The molecule has 1 fully saturated rings. The van der Waals surface area contributed by atoms with Crippen LogP contribution >= 0.6 is 11.6 Å². The summed E-state index contributed by atoms with van der Waals surface area (Å²) >= 11 is 5.82. The van der Waals surface area contributed by atoms with E-state index < -0.39 is 27.2 Å². The summed E-state index contributed by atoms with van der Waals surface area (Å²) in [7, 11) is -4.49. The largest absolute Gasteiger partial charge is 0.350 e. The summed E-state index contributed by atoms with van der Waals surface area (Å²) in [5, 5.41) is -0.173. The smallest absolute Gasteiger partial charge is 0.207 e. The van der Waals surface area contributed by atoms with E-state index in [4.69, 9.17) is 11.6 Å². The third kappa shape index (κ3) is 2.01. The number of hydrogen-bond donors (Lipinski definition) is 1. The SMILES string of the molecule is CC1(C)C(Cl)CC1NS(=O)(=O)C(F)F. The second kappa shape index (κ2) is 3.57. The molecule has 2 unspecified atom stereocenters. The van der Waals surface area contributed by atoms with Gasteiger partial charge in [-0.2, -0.15) is 8.78 Å². The Morgan fingerprint density at radius 3 is 2.29 bits per heavy atom. The molecule has 1 N–H and O–H groups in total.